The van der Waals surface area contributed by atoms with E-state index in [1.54, 1.807) is 42.2 Å². The zero-order valence-corrected chi connectivity index (χ0v) is 21.0. The number of nitrogens with one attached hydrogen (secondary N) is 1. The monoisotopic (exact) mass is 487 g/mol. The minimum Gasteiger partial charge on any atom is -0.449 e. The van der Waals surface area contributed by atoms with Gasteiger partial charge in [0.1, 0.15) is 0 Å². The van der Waals surface area contributed by atoms with Crippen molar-refractivity contribution in [2.24, 2.45) is 5.92 Å². The fourth-order valence-corrected chi connectivity index (χ4v) is 4.86. The number of hydrogen-bond donors (Lipinski definition) is 1. The Bertz CT molecular complexity index is 1130. The molecule has 0 fully saturated rings. The predicted octanol–water partition coefficient (Wildman–Crippen LogP) is 4.25. The van der Waals surface area contributed by atoms with E-state index in [0.29, 0.717) is 18.7 Å². The molecular weight excluding hydrogens is 454 g/mol. The average molecular weight is 488 g/mol. The first-order valence-corrected chi connectivity index (χ1v) is 13.3. The van der Waals surface area contributed by atoms with E-state index in [1.165, 1.54) is 6.20 Å². The number of nitrogens with zero attached hydrogens (tertiary/aromatic N) is 2. The molecule has 0 spiro atoms. The molecule has 8 nitrogen and oxygen atoms in total. The maximum atomic E-state index is 12.7. The van der Waals surface area contributed by atoms with Crippen LogP contribution in [0, 0.1) is 5.92 Å². The van der Waals surface area contributed by atoms with Crippen LogP contribution < -0.4 is 5.32 Å². The van der Waals surface area contributed by atoms with Gasteiger partial charge in [-0.3, -0.25) is 14.7 Å². The van der Waals surface area contributed by atoms with Crippen LogP contribution in [0.25, 0.3) is 0 Å². The second-order valence-electron chi connectivity index (χ2n) is 8.78. The number of benzene rings is 1. The molecule has 1 atom stereocenters. The van der Waals surface area contributed by atoms with Crippen LogP contribution in [0.2, 0.25) is 0 Å². The topological polar surface area (TPSA) is 106 Å². The number of sulfone groups is 1. The summed E-state index contributed by atoms with van der Waals surface area (Å²) >= 11 is 0. The summed E-state index contributed by atoms with van der Waals surface area (Å²) in [5, 5.41) is 2.85. The first kappa shape index (κ1) is 25.7. The fourth-order valence-electron chi connectivity index (χ4n) is 3.97. The first-order chi connectivity index (χ1) is 16.2. The lowest BCUT2D eigenvalue weighted by atomic mass is 9.99. The molecule has 9 heteroatoms. The summed E-state index contributed by atoms with van der Waals surface area (Å²) in [5.74, 6) is -0.0998. The minimum absolute atomic E-state index is 0.0416. The molecule has 1 N–H and O–H groups in total. The van der Waals surface area contributed by atoms with Crippen molar-refractivity contribution in [1.29, 1.82) is 0 Å². The van der Waals surface area contributed by atoms with Gasteiger partial charge in [-0.05, 0) is 41.7 Å². The molecule has 0 saturated carbocycles. The molecule has 0 aliphatic carbocycles. The van der Waals surface area contributed by atoms with Crippen molar-refractivity contribution in [1.82, 2.24) is 15.2 Å². The van der Waals surface area contributed by atoms with Crippen LogP contribution in [0.15, 0.2) is 41.4 Å². The molecule has 0 unspecified atom stereocenters. The van der Waals surface area contributed by atoms with Crippen LogP contribution in [0.1, 0.15) is 73.8 Å². The van der Waals surface area contributed by atoms with Gasteiger partial charge in [-0.15, -0.1) is 0 Å². The SMILES string of the molecule is CCCCOC(=O)N1Cc2cc(C(=O)NCc3ccc(S(=O)(=O)CC)cc3)cnc2[C@@H]1C(C)C. The normalized spacial score (nSPS) is 15.3. The van der Waals surface area contributed by atoms with Crippen LogP contribution in [0.5, 0.6) is 0 Å². The van der Waals surface area contributed by atoms with E-state index in [4.69, 9.17) is 4.74 Å². The van der Waals surface area contributed by atoms with Crippen molar-refractivity contribution in [2.75, 3.05) is 12.4 Å². The van der Waals surface area contributed by atoms with E-state index in [2.05, 4.69) is 10.3 Å². The van der Waals surface area contributed by atoms with Gasteiger partial charge in [-0.1, -0.05) is 46.2 Å². The number of fused-ring (bicyclic) bond motifs is 1. The average Bonchev–Trinajstić information content (AvgIpc) is 3.22. The smallest absolute Gasteiger partial charge is 0.410 e. The first-order valence-electron chi connectivity index (χ1n) is 11.7. The van der Waals surface area contributed by atoms with E-state index in [-0.39, 0.29) is 41.2 Å². The zero-order valence-electron chi connectivity index (χ0n) is 20.2. The van der Waals surface area contributed by atoms with Crippen molar-refractivity contribution in [3.63, 3.8) is 0 Å². The number of pyridine rings is 1. The molecule has 2 heterocycles. The quantitative estimate of drug-likeness (QED) is 0.530. The Labute approximate surface area is 201 Å². The van der Waals surface area contributed by atoms with Gasteiger partial charge in [0, 0.05) is 12.7 Å². The molecule has 1 aliphatic rings. The third kappa shape index (κ3) is 5.75. The molecule has 1 aromatic heterocycles. The van der Waals surface area contributed by atoms with Gasteiger partial charge in [0.2, 0.25) is 0 Å². The molecule has 1 aliphatic heterocycles. The molecular formula is C25H33N3O5S. The summed E-state index contributed by atoms with van der Waals surface area (Å²) in [6, 6.07) is 8.08. The standard InChI is InChI=1S/C25H33N3O5S/c1-5-7-12-33-25(30)28-16-20-13-19(15-26-22(20)23(28)17(3)4)24(29)27-14-18-8-10-21(11-9-18)34(31,32)6-2/h8-11,13,15,17,23H,5-7,12,14,16H2,1-4H3,(H,27,29)/t23-/m0/s1. The van der Waals surface area contributed by atoms with Gasteiger partial charge in [0.15, 0.2) is 9.84 Å². The van der Waals surface area contributed by atoms with Crippen molar-refractivity contribution in [3.8, 4) is 0 Å². The van der Waals surface area contributed by atoms with E-state index in [0.717, 1.165) is 29.7 Å². The number of aromatic nitrogens is 1. The van der Waals surface area contributed by atoms with E-state index < -0.39 is 9.84 Å². The molecule has 0 bridgehead atoms. The van der Waals surface area contributed by atoms with Crippen LogP contribution in [-0.4, -0.2) is 42.7 Å². The maximum Gasteiger partial charge on any atom is 0.410 e. The highest BCUT2D eigenvalue weighted by Crippen LogP contribution is 2.38. The van der Waals surface area contributed by atoms with Gasteiger partial charge < -0.3 is 10.1 Å². The highest BCUT2D eigenvalue weighted by molar-refractivity contribution is 7.91. The Morgan fingerprint density at radius 2 is 1.91 bits per heavy atom. The second-order valence-corrected chi connectivity index (χ2v) is 11.1. The number of rotatable bonds is 9. The molecule has 2 amide bonds. The molecule has 3 rings (SSSR count). The molecule has 0 radical (unpaired) electrons. The van der Waals surface area contributed by atoms with E-state index >= 15 is 0 Å². The van der Waals surface area contributed by atoms with E-state index in [1.807, 2.05) is 20.8 Å². The van der Waals surface area contributed by atoms with Gasteiger partial charge in [-0.25, -0.2) is 13.2 Å². The van der Waals surface area contributed by atoms with Crippen LogP contribution in [-0.2, 0) is 27.7 Å². The number of unbranched alkanes of at least 4 members (excludes halogenated alkanes) is 1. The number of carbonyl (C=O) groups excluding carboxylic acids is 2. The van der Waals surface area contributed by atoms with Crippen LogP contribution in [0.4, 0.5) is 4.79 Å². The summed E-state index contributed by atoms with van der Waals surface area (Å²) in [4.78, 5) is 31.9. The Morgan fingerprint density at radius 3 is 2.53 bits per heavy atom. The molecule has 184 valence electrons. The molecule has 1 aromatic carbocycles. The van der Waals surface area contributed by atoms with Crippen molar-refractivity contribution in [2.45, 2.75) is 64.6 Å². The maximum absolute atomic E-state index is 12.7. The number of amides is 2. The van der Waals surface area contributed by atoms with Gasteiger partial charge in [-0.2, -0.15) is 0 Å². The highest BCUT2D eigenvalue weighted by Gasteiger charge is 2.38. The number of hydrogen-bond acceptors (Lipinski definition) is 6. The Hall–Kier alpha value is -2.94. The summed E-state index contributed by atoms with van der Waals surface area (Å²) in [6.45, 7) is 8.71. The third-order valence-electron chi connectivity index (χ3n) is 5.93. The minimum atomic E-state index is -3.26. The summed E-state index contributed by atoms with van der Waals surface area (Å²) < 4.78 is 29.3. The summed E-state index contributed by atoms with van der Waals surface area (Å²) in [7, 11) is -3.26. The van der Waals surface area contributed by atoms with Gasteiger partial charge in [0.25, 0.3) is 5.91 Å². The van der Waals surface area contributed by atoms with E-state index in [9.17, 15) is 18.0 Å². The van der Waals surface area contributed by atoms with Crippen molar-refractivity contribution < 1.29 is 22.7 Å². The molecule has 0 saturated heterocycles. The Morgan fingerprint density at radius 1 is 1.21 bits per heavy atom. The number of ether oxygens (including phenoxy) is 1. The predicted molar refractivity (Wildman–Crippen MR) is 129 cm³/mol. The summed E-state index contributed by atoms with van der Waals surface area (Å²) in [6.07, 6.45) is 2.94. The lowest BCUT2D eigenvalue weighted by Crippen LogP contribution is -2.33. The fraction of sp³-hybridized carbons (Fsp3) is 0.480. The summed E-state index contributed by atoms with van der Waals surface area (Å²) in [5.41, 5.74) is 2.84. The highest BCUT2D eigenvalue weighted by atomic mass is 32.2. The molecule has 2 aromatic rings. The lowest BCUT2D eigenvalue weighted by molar-refractivity contribution is 0.0779. The third-order valence-corrected chi connectivity index (χ3v) is 7.68. The number of carbonyl (C=O) groups is 2. The molecule has 34 heavy (non-hydrogen) atoms. The second kappa shape index (κ2) is 11.0. The van der Waals surface area contributed by atoms with Crippen LogP contribution in [0.3, 0.4) is 0 Å². The van der Waals surface area contributed by atoms with Gasteiger partial charge in [0.05, 0.1) is 41.1 Å². The lowest BCUT2D eigenvalue weighted by Gasteiger charge is -2.26. The Kier molecular flexibility index (Phi) is 8.30. The largest absolute Gasteiger partial charge is 0.449 e. The zero-order chi connectivity index (χ0) is 24.9. The van der Waals surface area contributed by atoms with Crippen molar-refractivity contribution >= 4 is 21.8 Å². The van der Waals surface area contributed by atoms with Gasteiger partial charge >= 0.3 is 6.09 Å². The van der Waals surface area contributed by atoms with Crippen LogP contribution >= 0.6 is 0 Å². The Balaban J connectivity index is 1.68. The van der Waals surface area contributed by atoms with Crippen molar-refractivity contribution in [3.05, 3.63) is 58.9 Å².